The molecule has 1 N–H and O–H groups in total. The molecule has 0 bridgehead atoms. The molecule has 12 heavy (non-hydrogen) atoms. The zero-order chi connectivity index (χ0) is 9.23. The average molecular weight is 174 g/mol. The molecule has 0 rings (SSSR count). The van der Waals surface area contributed by atoms with Crippen molar-refractivity contribution in [3.63, 3.8) is 0 Å². The van der Waals surface area contributed by atoms with Gasteiger partial charge in [0.1, 0.15) is 0 Å². The summed E-state index contributed by atoms with van der Waals surface area (Å²) in [6.45, 7) is 6.08. The summed E-state index contributed by atoms with van der Waals surface area (Å²) < 4.78 is 5.37. The molecular weight excluding hydrogens is 152 g/mol. The molecule has 1 unspecified atom stereocenters. The molecule has 74 valence electrons. The van der Waals surface area contributed by atoms with Gasteiger partial charge in [-0.2, -0.15) is 0 Å². The summed E-state index contributed by atoms with van der Waals surface area (Å²) in [6, 6.07) is 0. The zero-order valence-corrected chi connectivity index (χ0v) is 8.38. The van der Waals surface area contributed by atoms with Gasteiger partial charge in [0.25, 0.3) is 0 Å². The van der Waals surface area contributed by atoms with Crippen LogP contribution < -0.4 is 0 Å². The highest BCUT2D eigenvalue weighted by molar-refractivity contribution is 4.55. The lowest BCUT2D eigenvalue weighted by atomic mass is 10.0. The third-order valence-electron chi connectivity index (χ3n) is 1.93. The Kier molecular flexibility index (Phi) is 8.95. The van der Waals surface area contributed by atoms with Gasteiger partial charge in [-0.3, -0.25) is 0 Å². The summed E-state index contributed by atoms with van der Waals surface area (Å²) in [5.41, 5.74) is 0. The summed E-state index contributed by atoms with van der Waals surface area (Å²) in [4.78, 5) is 0. The van der Waals surface area contributed by atoms with E-state index in [1.807, 2.05) is 0 Å². The van der Waals surface area contributed by atoms with E-state index in [9.17, 15) is 0 Å². The van der Waals surface area contributed by atoms with Crippen molar-refractivity contribution in [2.24, 2.45) is 5.92 Å². The van der Waals surface area contributed by atoms with Crippen LogP contribution in [0.3, 0.4) is 0 Å². The largest absolute Gasteiger partial charge is 0.396 e. The number of unbranched alkanes of at least 4 members (excludes halogenated alkanes) is 1. The molecule has 0 saturated heterocycles. The van der Waals surface area contributed by atoms with Gasteiger partial charge in [0, 0.05) is 19.1 Å². The van der Waals surface area contributed by atoms with Crippen molar-refractivity contribution in [2.75, 3.05) is 19.8 Å². The SMILES string of the molecule is CCCCC(CO)COCCC. The minimum Gasteiger partial charge on any atom is -0.396 e. The Hall–Kier alpha value is -0.0800. The fraction of sp³-hybridized carbons (Fsp3) is 1.00. The first-order valence-electron chi connectivity index (χ1n) is 5.03. The van der Waals surface area contributed by atoms with Crippen LogP contribution in [-0.4, -0.2) is 24.9 Å². The van der Waals surface area contributed by atoms with Crippen LogP contribution in [0.25, 0.3) is 0 Å². The van der Waals surface area contributed by atoms with Gasteiger partial charge in [-0.1, -0.05) is 26.7 Å². The summed E-state index contributed by atoms with van der Waals surface area (Å²) >= 11 is 0. The minimum atomic E-state index is 0.268. The maximum Gasteiger partial charge on any atom is 0.0516 e. The quantitative estimate of drug-likeness (QED) is 0.572. The number of aliphatic hydroxyl groups is 1. The number of aliphatic hydroxyl groups excluding tert-OH is 1. The van der Waals surface area contributed by atoms with Crippen LogP contribution >= 0.6 is 0 Å². The second-order valence-electron chi connectivity index (χ2n) is 3.27. The molecule has 0 fully saturated rings. The van der Waals surface area contributed by atoms with Gasteiger partial charge in [-0.25, -0.2) is 0 Å². The summed E-state index contributed by atoms with van der Waals surface area (Å²) in [5.74, 6) is 0.358. The van der Waals surface area contributed by atoms with Crippen LogP contribution in [0.15, 0.2) is 0 Å². The predicted molar refractivity (Wildman–Crippen MR) is 51.2 cm³/mol. The Morgan fingerprint density at radius 2 is 2.00 bits per heavy atom. The molecule has 1 atom stereocenters. The molecule has 0 aromatic carbocycles. The Balaban J connectivity index is 3.26. The molecule has 2 nitrogen and oxygen atoms in total. The first-order chi connectivity index (χ1) is 5.85. The van der Waals surface area contributed by atoms with Crippen molar-refractivity contribution in [3.8, 4) is 0 Å². The van der Waals surface area contributed by atoms with E-state index in [4.69, 9.17) is 9.84 Å². The van der Waals surface area contributed by atoms with Crippen LogP contribution in [0.2, 0.25) is 0 Å². The van der Waals surface area contributed by atoms with Crippen LogP contribution in [0, 0.1) is 5.92 Å². The second kappa shape index (κ2) is 9.01. The van der Waals surface area contributed by atoms with Gasteiger partial charge < -0.3 is 9.84 Å². The smallest absolute Gasteiger partial charge is 0.0516 e. The van der Waals surface area contributed by atoms with Crippen molar-refractivity contribution >= 4 is 0 Å². The van der Waals surface area contributed by atoms with E-state index in [1.165, 1.54) is 12.8 Å². The maximum atomic E-state index is 8.97. The molecule has 0 heterocycles. The highest BCUT2D eigenvalue weighted by Gasteiger charge is 2.05. The third-order valence-corrected chi connectivity index (χ3v) is 1.93. The number of rotatable bonds is 8. The molecule has 0 aromatic heterocycles. The fourth-order valence-electron chi connectivity index (χ4n) is 1.11. The van der Waals surface area contributed by atoms with Crippen molar-refractivity contribution < 1.29 is 9.84 Å². The Bertz CT molecular complexity index is 83.9. The lowest BCUT2D eigenvalue weighted by Crippen LogP contribution is -2.14. The van der Waals surface area contributed by atoms with E-state index in [-0.39, 0.29) is 6.61 Å². The van der Waals surface area contributed by atoms with Crippen molar-refractivity contribution in [3.05, 3.63) is 0 Å². The van der Waals surface area contributed by atoms with Gasteiger partial charge in [0.05, 0.1) is 6.61 Å². The third kappa shape index (κ3) is 6.62. The molecule has 0 saturated carbocycles. The van der Waals surface area contributed by atoms with Crippen LogP contribution in [0.1, 0.15) is 39.5 Å². The minimum absolute atomic E-state index is 0.268. The van der Waals surface area contributed by atoms with E-state index in [0.29, 0.717) is 5.92 Å². The van der Waals surface area contributed by atoms with Gasteiger partial charge >= 0.3 is 0 Å². The monoisotopic (exact) mass is 174 g/mol. The first kappa shape index (κ1) is 11.9. The number of hydrogen-bond acceptors (Lipinski definition) is 2. The molecule has 0 aliphatic carbocycles. The molecule has 0 aromatic rings. The van der Waals surface area contributed by atoms with E-state index >= 15 is 0 Å². The molecule has 0 aliphatic heterocycles. The molecular formula is C10H22O2. The van der Waals surface area contributed by atoms with E-state index in [1.54, 1.807) is 0 Å². The summed E-state index contributed by atoms with van der Waals surface area (Å²) in [7, 11) is 0. The van der Waals surface area contributed by atoms with E-state index < -0.39 is 0 Å². The Morgan fingerprint density at radius 3 is 2.50 bits per heavy atom. The van der Waals surface area contributed by atoms with Gasteiger partial charge in [-0.05, 0) is 12.8 Å². The van der Waals surface area contributed by atoms with Gasteiger partial charge in [0.15, 0.2) is 0 Å². The van der Waals surface area contributed by atoms with Gasteiger partial charge in [0.2, 0.25) is 0 Å². The number of ether oxygens (including phenoxy) is 1. The lowest BCUT2D eigenvalue weighted by molar-refractivity contribution is 0.0689. The van der Waals surface area contributed by atoms with Crippen molar-refractivity contribution in [2.45, 2.75) is 39.5 Å². The molecule has 0 spiro atoms. The Labute approximate surface area is 75.9 Å². The normalized spacial score (nSPS) is 13.2. The van der Waals surface area contributed by atoms with Crippen molar-refractivity contribution in [1.82, 2.24) is 0 Å². The average Bonchev–Trinajstić information content (AvgIpc) is 2.11. The molecule has 0 radical (unpaired) electrons. The molecule has 2 heteroatoms. The second-order valence-corrected chi connectivity index (χ2v) is 3.27. The summed E-state index contributed by atoms with van der Waals surface area (Å²) in [5, 5.41) is 8.97. The zero-order valence-electron chi connectivity index (χ0n) is 8.38. The predicted octanol–water partition coefficient (Wildman–Crippen LogP) is 2.21. The standard InChI is InChI=1S/C10H22O2/c1-3-5-6-10(8-11)9-12-7-4-2/h10-11H,3-9H2,1-2H3. The van der Waals surface area contributed by atoms with Crippen LogP contribution in [0.5, 0.6) is 0 Å². The van der Waals surface area contributed by atoms with Crippen LogP contribution in [0.4, 0.5) is 0 Å². The molecule has 0 amide bonds. The lowest BCUT2D eigenvalue weighted by Gasteiger charge is -2.13. The van der Waals surface area contributed by atoms with Crippen LogP contribution in [-0.2, 0) is 4.74 Å². The van der Waals surface area contributed by atoms with E-state index in [0.717, 1.165) is 26.1 Å². The van der Waals surface area contributed by atoms with Gasteiger partial charge in [-0.15, -0.1) is 0 Å². The topological polar surface area (TPSA) is 29.5 Å². The first-order valence-corrected chi connectivity index (χ1v) is 5.03. The highest BCUT2D eigenvalue weighted by Crippen LogP contribution is 2.08. The highest BCUT2D eigenvalue weighted by atomic mass is 16.5. The Morgan fingerprint density at radius 1 is 1.25 bits per heavy atom. The number of hydrogen-bond donors (Lipinski definition) is 1. The molecule has 0 aliphatic rings. The van der Waals surface area contributed by atoms with Crippen molar-refractivity contribution in [1.29, 1.82) is 0 Å². The summed E-state index contributed by atoms with van der Waals surface area (Å²) in [6.07, 6.45) is 4.55. The maximum absolute atomic E-state index is 8.97. The fourth-order valence-corrected chi connectivity index (χ4v) is 1.11. The van der Waals surface area contributed by atoms with E-state index in [2.05, 4.69) is 13.8 Å².